The minimum absolute atomic E-state index is 0.366. The monoisotopic (exact) mass is 385 g/mol. The highest BCUT2D eigenvalue weighted by molar-refractivity contribution is 5.47. The Bertz CT molecular complexity index is 640. The van der Waals surface area contributed by atoms with E-state index < -0.39 is 0 Å². The molecule has 2 heterocycles. The van der Waals surface area contributed by atoms with Crippen molar-refractivity contribution in [1.82, 2.24) is 15.1 Å². The first kappa shape index (κ1) is 22.6. The Balaban J connectivity index is 1.96. The summed E-state index contributed by atoms with van der Waals surface area (Å²) in [5.41, 5.74) is 0.781. The van der Waals surface area contributed by atoms with Crippen LogP contribution in [0.15, 0.2) is 28.9 Å². The average molecular weight is 386 g/mol. The molecule has 0 aliphatic carbocycles. The van der Waals surface area contributed by atoms with Crippen LogP contribution >= 0.6 is 0 Å². The standard InChI is InChI=1S/C24H39N3O/c1-5-11-19(3)13-7-8-14-21(17-16-20(4)12-6-2)24-26-23(27-28-24)22-15-9-10-18-25-22/h9-10,15,18-21H,5-8,11-14,16-17H2,1-4H3. The van der Waals surface area contributed by atoms with Gasteiger partial charge in [0.25, 0.3) is 0 Å². The second-order valence-electron chi connectivity index (χ2n) is 8.52. The highest BCUT2D eigenvalue weighted by atomic mass is 16.5. The quantitative estimate of drug-likeness (QED) is 0.317. The molecule has 0 bridgehead atoms. The van der Waals surface area contributed by atoms with Crippen molar-refractivity contribution >= 4 is 0 Å². The number of pyridine rings is 1. The van der Waals surface area contributed by atoms with Crippen molar-refractivity contribution in [2.24, 2.45) is 11.8 Å². The molecule has 4 heteroatoms. The average Bonchev–Trinajstić information content (AvgIpc) is 3.18. The maximum Gasteiger partial charge on any atom is 0.230 e. The molecule has 4 nitrogen and oxygen atoms in total. The van der Waals surface area contributed by atoms with Gasteiger partial charge in [-0.15, -0.1) is 0 Å². The van der Waals surface area contributed by atoms with Gasteiger partial charge in [-0.1, -0.05) is 83.9 Å². The van der Waals surface area contributed by atoms with Crippen LogP contribution in [0.4, 0.5) is 0 Å². The van der Waals surface area contributed by atoms with Crippen LogP contribution in [0.2, 0.25) is 0 Å². The van der Waals surface area contributed by atoms with Crippen LogP contribution in [0.25, 0.3) is 11.5 Å². The fourth-order valence-electron chi connectivity index (χ4n) is 4.03. The molecule has 0 aromatic carbocycles. The van der Waals surface area contributed by atoms with E-state index in [1.165, 1.54) is 51.4 Å². The molecule has 2 aromatic rings. The number of nitrogens with zero attached hydrogens (tertiary/aromatic N) is 3. The summed E-state index contributed by atoms with van der Waals surface area (Å²) >= 11 is 0. The summed E-state index contributed by atoms with van der Waals surface area (Å²) in [6, 6.07) is 5.80. The summed E-state index contributed by atoms with van der Waals surface area (Å²) in [7, 11) is 0. The van der Waals surface area contributed by atoms with Gasteiger partial charge in [0.1, 0.15) is 5.69 Å². The number of hydrogen-bond acceptors (Lipinski definition) is 4. The predicted octanol–water partition coefficient (Wildman–Crippen LogP) is 7.43. The Kier molecular flexibility index (Phi) is 10.2. The van der Waals surface area contributed by atoms with Crippen LogP contribution in [0.3, 0.4) is 0 Å². The maximum absolute atomic E-state index is 5.69. The third-order valence-electron chi connectivity index (χ3n) is 5.76. The van der Waals surface area contributed by atoms with Crippen molar-refractivity contribution in [3.63, 3.8) is 0 Å². The van der Waals surface area contributed by atoms with E-state index in [0.29, 0.717) is 11.7 Å². The first-order valence-electron chi connectivity index (χ1n) is 11.4. The number of hydrogen-bond donors (Lipinski definition) is 0. The molecule has 0 saturated heterocycles. The first-order chi connectivity index (χ1) is 13.6. The molecule has 156 valence electrons. The Morgan fingerprint density at radius 2 is 1.57 bits per heavy atom. The molecule has 0 spiro atoms. The molecule has 0 aliphatic heterocycles. The van der Waals surface area contributed by atoms with Gasteiger partial charge < -0.3 is 4.52 Å². The number of rotatable bonds is 14. The van der Waals surface area contributed by atoms with Crippen LogP contribution in [0.5, 0.6) is 0 Å². The minimum atomic E-state index is 0.366. The molecular formula is C24H39N3O. The summed E-state index contributed by atoms with van der Waals surface area (Å²) < 4.78 is 5.69. The number of unbranched alkanes of at least 4 members (excludes halogenated alkanes) is 1. The summed E-state index contributed by atoms with van der Waals surface area (Å²) in [6.07, 6.45) is 14.3. The summed E-state index contributed by atoms with van der Waals surface area (Å²) in [5.74, 6) is 3.37. The Labute approximate surface area is 171 Å². The first-order valence-corrected chi connectivity index (χ1v) is 11.4. The highest BCUT2D eigenvalue weighted by Gasteiger charge is 2.21. The summed E-state index contributed by atoms with van der Waals surface area (Å²) in [5, 5.41) is 4.20. The van der Waals surface area contributed by atoms with Crippen LogP contribution in [0, 0.1) is 11.8 Å². The van der Waals surface area contributed by atoms with Gasteiger partial charge in [0.15, 0.2) is 0 Å². The van der Waals surface area contributed by atoms with Gasteiger partial charge in [0.05, 0.1) is 0 Å². The van der Waals surface area contributed by atoms with Gasteiger partial charge in [-0.2, -0.15) is 4.98 Å². The molecule has 0 saturated carbocycles. The fraction of sp³-hybridized carbons (Fsp3) is 0.708. The maximum atomic E-state index is 5.69. The molecule has 0 N–H and O–H groups in total. The van der Waals surface area contributed by atoms with Gasteiger partial charge in [-0.25, -0.2) is 0 Å². The van der Waals surface area contributed by atoms with Gasteiger partial charge in [0.2, 0.25) is 11.7 Å². The van der Waals surface area contributed by atoms with Crippen molar-refractivity contribution in [2.45, 2.75) is 97.8 Å². The Hall–Kier alpha value is -1.71. The van der Waals surface area contributed by atoms with Gasteiger partial charge >= 0.3 is 0 Å². The fourth-order valence-corrected chi connectivity index (χ4v) is 4.03. The molecule has 3 unspecified atom stereocenters. The summed E-state index contributed by atoms with van der Waals surface area (Å²) in [6.45, 7) is 9.28. The van der Waals surface area contributed by atoms with Gasteiger partial charge in [0, 0.05) is 12.1 Å². The minimum Gasteiger partial charge on any atom is -0.339 e. The number of aromatic nitrogens is 3. The molecule has 0 fully saturated rings. The molecular weight excluding hydrogens is 346 g/mol. The second kappa shape index (κ2) is 12.7. The van der Waals surface area contributed by atoms with E-state index in [2.05, 4.69) is 37.8 Å². The largest absolute Gasteiger partial charge is 0.339 e. The van der Waals surface area contributed by atoms with Crippen LogP contribution in [-0.2, 0) is 0 Å². The predicted molar refractivity (Wildman–Crippen MR) is 116 cm³/mol. The van der Waals surface area contributed by atoms with Crippen molar-refractivity contribution in [2.75, 3.05) is 0 Å². The van der Waals surface area contributed by atoms with E-state index in [9.17, 15) is 0 Å². The third kappa shape index (κ3) is 7.73. The summed E-state index contributed by atoms with van der Waals surface area (Å²) in [4.78, 5) is 9.06. The molecule has 0 amide bonds. The van der Waals surface area contributed by atoms with E-state index in [1.54, 1.807) is 6.20 Å². The van der Waals surface area contributed by atoms with Crippen LogP contribution in [-0.4, -0.2) is 15.1 Å². The molecule has 28 heavy (non-hydrogen) atoms. The lowest BCUT2D eigenvalue weighted by molar-refractivity contribution is 0.318. The highest BCUT2D eigenvalue weighted by Crippen LogP contribution is 2.30. The Morgan fingerprint density at radius 1 is 0.857 bits per heavy atom. The third-order valence-corrected chi connectivity index (χ3v) is 5.76. The van der Waals surface area contributed by atoms with Crippen molar-refractivity contribution in [3.05, 3.63) is 30.3 Å². The molecule has 3 atom stereocenters. The smallest absolute Gasteiger partial charge is 0.230 e. The van der Waals surface area contributed by atoms with E-state index in [4.69, 9.17) is 9.51 Å². The SMILES string of the molecule is CCCC(C)CCCCC(CCC(C)CCC)c1nc(-c2ccccn2)no1. The normalized spacial score (nSPS) is 14.7. The van der Waals surface area contributed by atoms with Gasteiger partial charge in [-0.05, 0) is 43.2 Å². The molecule has 2 aromatic heterocycles. The lowest BCUT2D eigenvalue weighted by atomic mass is 9.89. The molecule has 0 aliphatic rings. The van der Waals surface area contributed by atoms with Crippen molar-refractivity contribution < 1.29 is 4.52 Å². The molecule has 0 radical (unpaired) electrons. The second-order valence-corrected chi connectivity index (χ2v) is 8.52. The van der Waals surface area contributed by atoms with Gasteiger partial charge in [-0.3, -0.25) is 4.98 Å². The van der Waals surface area contributed by atoms with Crippen molar-refractivity contribution in [1.29, 1.82) is 0 Å². The topological polar surface area (TPSA) is 51.8 Å². The Morgan fingerprint density at radius 3 is 2.25 bits per heavy atom. The lowest BCUT2D eigenvalue weighted by Gasteiger charge is -2.16. The zero-order valence-corrected chi connectivity index (χ0v) is 18.4. The van der Waals surface area contributed by atoms with E-state index >= 15 is 0 Å². The van der Waals surface area contributed by atoms with E-state index in [1.807, 2.05) is 18.2 Å². The van der Waals surface area contributed by atoms with E-state index in [-0.39, 0.29) is 0 Å². The zero-order chi connectivity index (χ0) is 20.2. The van der Waals surface area contributed by atoms with Crippen LogP contribution in [0.1, 0.15) is 104 Å². The van der Waals surface area contributed by atoms with Crippen LogP contribution < -0.4 is 0 Å². The van der Waals surface area contributed by atoms with Crippen molar-refractivity contribution in [3.8, 4) is 11.5 Å². The zero-order valence-electron chi connectivity index (χ0n) is 18.4. The van der Waals surface area contributed by atoms with E-state index in [0.717, 1.165) is 36.3 Å². The lowest BCUT2D eigenvalue weighted by Crippen LogP contribution is -2.04. The molecule has 2 rings (SSSR count).